The van der Waals surface area contributed by atoms with E-state index < -0.39 is 10.0 Å². The van der Waals surface area contributed by atoms with E-state index in [9.17, 15) is 8.42 Å². The average Bonchev–Trinajstić information content (AvgIpc) is 2.52. The summed E-state index contributed by atoms with van der Waals surface area (Å²) in [5.74, 6) is 0.172. The fraction of sp³-hybridized carbons (Fsp3) is 0.333. The predicted octanol–water partition coefficient (Wildman–Crippen LogP) is 2.36. The first-order valence-electron chi connectivity index (χ1n) is 6.93. The van der Waals surface area contributed by atoms with E-state index in [0.717, 1.165) is 23.2 Å². The third kappa shape index (κ3) is 4.91. The van der Waals surface area contributed by atoms with Gasteiger partial charge in [0.15, 0.2) is 0 Å². The van der Waals surface area contributed by atoms with Crippen molar-refractivity contribution in [2.75, 3.05) is 5.75 Å². The lowest BCUT2D eigenvalue weighted by Crippen LogP contribution is -2.25. The number of nitrogens with zero attached hydrogens (tertiary/aromatic N) is 2. The Balaban J connectivity index is 2.05. The van der Waals surface area contributed by atoms with Crippen LogP contribution in [-0.2, 0) is 16.6 Å². The predicted molar refractivity (Wildman–Crippen MR) is 83.0 cm³/mol. The molecule has 0 spiro atoms. The molecule has 0 aliphatic heterocycles. The zero-order chi connectivity index (χ0) is 15.1. The maximum atomic E-state index is 11.8. The van der Waals surface area contributed by atoms with E-state index in [1.165, 1.54) is 0 Å². The van der Waals surface area contributed by atoms with Crippen LogP contribution < -0.4 is 4.72 Å². The summed E-state index contributed by atoms with van der Waals surface area (Å²) < 4.78 is 26.2. The molecule has 0 saturated carbocycles. The Morgan fingerprint density at radius 3 is 2.62 bits per heavy atom. The Bertz CT molecular complexity index is 672. The lowest BCUT2D eigenvalue weighted by Gasteiger charge is -2.07. The Labute approximate surface area is 125 Å². The van der Waals surface area contributed by atoms with Crippen molar-refractivity contribution in [3.8, 4) is 11.3 Å². The molecule has 0 aromatic carbocycles. The van der Waals surface area contributed by atoms with E-state index in [4.69, 9.17) is 0 Å². The summed E-state index contributed by atoms with van der Waals surface area (Å²) in [6, 6.07) is 7.44. The molecule has 0 bridgehead atoms. The van der Waals surface area contributed by atoms with Crippen molar-refractivity contribution >= 4 is 10.0 Å². The fourth-order valence-electron chi connectivity index (χ4n) is 1.86. The van der Waals surface area contributed by atoms with E-state index in [2.05, 4.69) is 14.7 Å². The molecule has 1 N–H and O–H groups in total. The molecular weight excluding hydrogens is 286 g/mol. The molecule has 5 nitrogen and oxygen atoms in total. The standard InChI is InChI=1S/C15H19N3O2S/c1-2-3-10-21(19,20)18-12-13-4-9-17-15(11-13)14-5-7-16-8-6-14/h4-9,11,18H,2-3,10,12H2,1H3. The van der Waals surface area contributed by atoms with Crippen LogP contribution in [0.15, 0.2) is 42.9 Å². The number of unbranched alkanes of at least 4 members (excludes halogenated alkanes) is 1. The van der Waals surface area contributed by atoms with Crippen LogP contribution in [0.5, 0.6) is 0 Å². The van der Waals surface area contributed by atoms with Crippen LogP contribution in [-0.4, -0.2) is 24.1 Å². The molecular formula is C15H19N3O2S. The SMILES string of the molecule is CCCCS(=O)(=O)NCc1ccnc(-c2ccncc2)c1. The zero-order valence-electron chi connectivity index (χ0n) is 12.0. The van der Waals surface area contributed by atoms with Crippen molar-refractivity contribution in [1.82, 2.24) is 14.7 Å². The number of hydrogen-bond acceptors (Lipinski definition) is 4. The van der Waals surface area contributed by atoms with Gasteiger partial charge in [-0.15, -0.1) is 0 Å². The Hall–Kier alpha value is -1.79. The van der Waals surface area contributed by atoms with Crippen LogP contribution in [0.3, 0.4) is 0 Å². The highest BCUT2D eigenvalue weighted by atomic mass is 32.2. The van der Waals surface area contributed by atoms with Gasteiger partial charge in [0, 0.05) is 30.7 Å². The average molecular weight is 305 g/mol. The van der Waals surface area contributed by atoms with Gasteiger partial charge < -0.3 is 0 Å². The first-order chi connectivity index (χ1) is 10.1. The first kappa shape index (κ1) is 15.6. The van der Waals surface area contributed by atoms with Crippen molar-refractivity contribution in [2.24, 2.45) is 0 Å². The largest absolute Gasteiger partial charge is 0.265 e. The fourth-order valence-corrected chi connectivity index (χ4v) is 3.06. The minimum Gasteiger partial charge on any atom is -0.265 e. The summed E-state index contributed by atoms with van der Waals surface area (Å²) in [6.07, 6.45) is 6.63. The molecule has 0 fully saturated rings. The molecule has 0 unspecified atom stereocenters. The van der Waals surface area contributed by atoms with Crippen LogP contribution in [0.25, 0.3) is 11.3 Å². The van der Waals surface area contributed by atoms with Gasteiger partial charge in [-0.1, -0.05) is 13.3 Å². The number of aromatic nitrogens is 2. The van der Waals surface area contributed by atoms with E-state index in [0.29, 0.717) is 6.42 Å². The molecule has 2 aromatic heterocycles. The first-order valence-corrected chi connectivity index (χ1v) is 8.58. The van der Waals surface area contributed by atoms with Crippen LogP contribution in [0.1, 0.15) is 25.3 Å². The van der Waals surface area contributed by atoms with Crippen molar-refractivity contribution < 1.29 is 8.42 Å². The summed E-state index contributed by atoms with van der Waals surface area (Å²) in [4.78, 5) is 8.27. The molecule has 0 aliphatic rings. The van der Waals surface area contributed by atoms with Gasteiger partial charge in [-0.25, -0.2) is 13.1 Å². The summed E-state index contributed by atoms with van der Waals surface area (Å²) in [5, 5.41) is 0. The highest BCUT2D eigenvalue weighted by molar-refractivity contribution is 7.89. The molecule has 2 heterocycles. The van der Waals surface area contributed by atoms with Crippen LogP contribution in [0, 0.1) is 0 Å². The Morgan fingerprint density at radius 1 is 1.14 bits per heavy atom. The molecule has 21 heavy (non-hydrogen) atoms. The van der Waals surface area contributed by atoms with Gasteiger partial charge in [0.1, 0.15) is 0 Å². The number of rotatable bonds is 7. The Morgan fingerprint density at radius 2 is 1.90 bits per heavy atom. The van der Waals surface area contributed by atoms with Gasteiger partial charge >= 0.3 is 0 Å². The molecule has 0 amide bonds. The van der Waals surface area contributed by atoms with Crippen molar-refractivity contribution in [1.29, 1.82) is 0 Å². The number of pyridine rings is 2. The summed E-state index contributed by atoms with van der Waals surface area (Å²) in [7, 11) is -3.20. The number of hydrogen-bond donors (Lipinski definition) is 1. The Kier molecular flexibility index (Phi) is 5.41. The van der Waals surface area contributed by atoms with Gasteiger partial charge in [-0.3, -0.25) is 9.97 Å². The smallest absolute Gasteiger partial charge is 0.211 e. The van der Waals surface area contributed by atoms with Gasteiger partial charge in [-0.2, -0.15) is 0 Å². The van der Waals surface area contributed by atoms with E-state index in [1.807, 2.05) is 31.2 Å². The van der Waals surface area contributed by atoms with Crippen molar-refractivity contribution in [2.45, 2.75) is 26.3 Å². The second-order valence-electron chi connectivity index (χ2n) is 4.78. The molecule has 2 aromatic rings. The number of sulfonamides is 1. The number of nitrogens with one attached hydrogen (secondary N) is 1. The molecule has 6 heteroatoms. The highest BCUT2D eigenvalue weighted by Gasteiger charge is 2.09. The highest BCUT2D eigenvalue weighted by Crippen LogP contribution is 2.16. The second-order valence-corrected chi connectivity index (χ2v) is 6.71. The molecule has 112 valence electrons. The topological polar surface area (TPSA) is 72.0 Å². The monoisotopic (exact) mass is 305 g/mol. The molecule has 0 atom stereocenters. The maximum Gasteiger partial charge on any atom is 0.211 e. The van der Waals surface area contributed by atoms with Crippen LogP contribution in [0.2, 0.25) is 0 Å². The maximum absolute atomic E-state index is 11.8. The van der Waals surface area contributed by atoms with Crippen molar-refractivity contribution in [3.63, 3.8) is 0 Å². The minimum atomic E-state index is -3.20. The van der Waals surface area contributed by atoms with Crippen LogP contribution in [0.4, 0.5) is 0 Å². The molecule has 0 aliphatic carbocycles. The molecule has 0 saturated heterocycles. The quantitative estimate of drug-likeness (QED) is 0.852. The van der Waals surface area contributed by atoms with Gasteiger partial charge in [-0.05, 0) is 36.2 Å². The van der Waals surface area contributed by atoms with Crippen LogP contribution >= 0.6 is 0 Å². The second kappa shape index (κ2) is 7.28. The van der Waals surface area contributed by atoms with Crippen molar-refractivity contribution in [3.05, 3.63) is 48.4 Å². The lowest BCUT2D eigenvalue weighted by atomic mass is 10.1. The van der Waals surface area contributed by atoms with E-state index >= 15 is 0 Å². The van der Waals surface area contributed by atoms with Gasteiger partial charge in [0.05, 0.1) is 11.4 Å². The minimum absolute atomic E-state index is 0.172. The molecule has 0 radical (unpaired) electrons. The summed E-state index contributed by atoms with van der Waals surface area (Å²) in [6.45, 7) is 2.26. The normalized spacial score (nSPS) is 11.5. The van der Waals surface area contributed by atoms with Gasteiger partial charge in [0.2, 0.25) is 10.0 Å². The van der Waals surface area contributed by atoms with Gasteiger partial charge in [0.25, 0.3) is 0 Å². The zero-order valence-corrected chi connectivity index (χ0v) is 12.8. The lowest BCUT2D eigenvalue weighted by molar-refractivity contribution is 0.578. The van der Waals surface area contributed by atoms with E-state index in [1.54, 1.807) is 18.6 Å². The van der Waals surface area contributed by atoms with E-state index in [-0.39, 0.29) is 12.3 Å². The third-order valence-corrected chi connectivity index (χ3v) is 4.47. The summed E-state index contributed by atoms with van der Waals surface area (Å²) >= 11 is 0. The molecule has 2 rings (SSSR count). The summed E-state index contributed by atoms with van der Waals surface area (Å²) in [5.41, 5.74) is 2.65. The third-order valence-electron chi connectivity index (χ3n) is 3.06.